The molecule has 0 aliphatic heterocycles. The third-order valence-electron chi connectivity index (χ3n) is 6.66. The molecule has 1 aromatic rings. The van der Waals surface area contributed by atoms with Gasteiger partial charge in [-0.05, 0) is 80.1 Å². The number of amides is 2. The summed E-state index contributed by atoms with van der Waals surface area (Å²) in [6.07, 6.45) is 9.53. The molecule has 0 radical (unpaired) electrons. The second-order valence-electron chi connectivity index (χ2n) is 8.74. The van der Waals surface area contributed by atoms with Crippen molar-refractivity contribution >= 4 is 29.3 Å². The SMILES string of the molecule is CSc1ccc([N+](=O)[O-])c(C(=O)NNC(=O)CC23CC4CC(CC(C4)C2)C3)c1. The minimum Gasteiger partial charge on any atom is -0.273 e. The zero-order valence-corrected chi connectivity index (χ0v) is 16.7. The highest BCUT2D eigenvalue weighted by atomic mass is 32.2. The van der Waals surface area contributed by atoms with Crippen LogP contribution in [0.1, 0.15) is 55.3 Å². The average molecular weight is 404 g/mol. The summed E-state index contributed by atoms with van der Waals surface area (Å²) in [4.78, 5) is 36.4. The van der Waals surface area contributed by atoms with Gasteiger partial charge in [-0.25, -0.2) is 0 Å². The van der Waals surface area contributed by atoms with Gasteiger partial charge in [0.2, 0.25) is 5.91 Å². The molecule has 8 heteroatoms. The Labute approximate surface area is 168 Å². The molecule has 4 aliphatic carbocycles. The van der Waals surface area contributed by atoms with Crippen molar-refractivity contribution in [3.05, 3.63) is 33.9 Å². The lowest BCUT2D eigenvalue weighted by molar-refractivity contribution is -0.385. The number of hydrazine groups is 1. The maximum absolute atomic E-state index is 12.5. The number of benzene rings is 1. The predicted octanol–water partition coefficient (Wildman–Crippen LogP) is 3.68. The van der Waals surface area contributed by atoms with Crippen LogP contribution in [0.15, 0.2) is 23.1 Å². The maximum atomic E-state index is 12.5. The Morgan fingerprint density at radius 3 is 2.29 bits per heavy atom. The molecule has 5 rings (SSSR count). The highest BCUT2D eigenvalue weighted by Gasteiger charge is 2.51. The lowest BCUT2D eigenvalue weighted by atomic mass is 9.49. The summed E-state index contributed by atoms with van der Waals surface area (Å²) in [7, 11) is 0. The molecule has 4 saturated carbocycles. The summed E-state index contributed by atoms with van der Waals surface area (Å²) in [6.45, 7) is 0. The van der Waals surface area contributed by atoms with E-state index in [0.29, 0.717) is 6.42 Å². The van der Waals surface area contributed by atoms with Crippen LogP contribution in [-0.4, -0.2) is 23.0 Å². The predicted molar refractivity (Wildman–Crippen MR) is 106 cm³/mol. The minimum absolute atomic E-state index is 0.0491. The van der Waals surface area contributed by atoms with Gasteiger partial charge in [0.15, 0.2) is 0 Å². The molecule has 0 heterocycles. The van der Waals surface area contributed by atoms with Crippen LogP contribution < -0.4 is 10.9 Å². The van der Waals surface area contributed by atoms with Gasteiger partial charge in [0.25, 0.3) is 11.6 Å². The number of hydrogen-bond donors (Lipinski definition) is 2. The maximum Gasteiger partial charge on any atom is 0.282 e. The molecule has 0 spiro atoms. The molecule has 0 aromatic heterocycles. The minimum atomic E-state index is -0.665. The van der Waals surface area contributed by atoms with E-state index in [4.69, 9.17) is 0 Å². The van der Waals surface area contributed by atoms with Crippen LogP contribution in [0.4, 0.5) is 5.69 Å². The molecular weight excluding hydrogens is 378 g/mol. The molecule has 2 N–H and O–H groups in total. The van der Waals surface area contributed by atoms with E-state index in [-0.39, 0.29) is 22.6 Å². The Bertz CT molecular complexity index is 790. The van der Waals surface area contributed by atoms with E-state index >= 15 is 0 Å². The van der Waals surface area contributed by atoms with Gasteiger partial charge in [0.1, 0.15) is 5.56 Å². The largest absolute Gasteiger partial charge is 0.282 e. The Balaban J connectivity index is 1.39. The summed E-state index contributed by atoms with van der Waals surface area (Å²) >= 11 is 1.39. The van der Waals surface area contributed by atoms with Crippen molar-refractivity contribution in [1.82, 2.24) is 10.9 Å². The Kier molecular flexibility index (Phi) is 5.07. The van der Waals surface area contributed by atoms with Gasteiger partial charge in [-0.3, -0.25) is 30.6 Å². The Morgan fingerprint density at radius 1 is 1.14 bits per heavy atom. The monoisotopic (exact) mass is 403 g/mol. The molecule has 4 bridgehead atoms. The topological polar surface area (TPSA) is 101 Å². The first-order valence-electron chi connectivity index (χ1n) is 9.79. The van der Waals surface area contributed by atoms with Crippen molar-refractivity contribution in [2.24, 2.45) is 23.2 Å². The van der Waals surface area contributed by atoms with E-state index in [0.717, 1.165) is 41.9 Å². The molecule has 4 aliphatic rings. The van der Waals surface area contributed by atoms with E-state index < -0.39 is 10.8 Å². The van der Waals surface area contributed by atoms with Gasteiger partial charge >= 0.3 is 0 Å². The number of carbonyl (C=O) groups excluding carboxylic acids is 2. The normalized spacial score (nSPS) is 30.1. The van der Waals surface area contributed by atoms with Crippen molar-refractivity contribution in [3.63, 3.8) is 0 Å². The van der Waals surface area contributed by atoms with E-state index in [1.54, 1.807) is 6.07 Å². The van der Waals surface area contributed by atoms with Crippen LogP contribution in [0.3, 0.4) is 0 Å². The fourth-order valence-corrected chi connectivity index (χ4v) is 6.51. The zero-order valence-electron chi connectivity index (χ0n) is 15.9. The van der Waals surface area contributed by atoms with Crippen molar-refractivity contribution in [2.75, 3.05) is 6.26 Å². The van der Waals surface area contributed by atoms with Gasteiger partial charge in [0, 0.05) is 17.4 Å². The third kappa shape index (κ3) is 3.74. The quantitative estimate of drug-likeness (QED) is 0.444. The molecular formula is C20H25N3O4S. The number of nitro groups is 1. The number of thioether (sulfide) groups is 1. The zero-order chi connectivity index (χ0) is 19.9. The lowest BCUT2D eigenvalue weighted by Crippen LogP contribution is -2.50. The fourth-order valence-electron chi connectivity index (χ4n) is 6.07. The first kappa shape index (κ1) is 19.2. The van der Waals surface area contributed by atoms with Gasteiger partial charge in [-0.1, -0.05) is 0 Å². The van der Waals surface area contributed by atoms with E-state index in [1.807, 2.05) is 6.26 Å². The van der Waals surface area contributed by atoms with Crippen molar-refractivity contribution in [3.8, 4) is 0 Å². The molecule has 0 saturated heterocycles. The van der Waals surface area contributed by atoms with E-state index in [1.165, 1.54) is 43.2 Å². The number of nitro benzene ring substituents is 1. The van der Waals surface area contributed by atoms with E-state index in [9.17, 15) is 19.7 Å². The van der Waals surface area contributed by atoms with Gasteiger partial charge in [-0.15, -0.1) is 11.8 Å². The summed E-state index contributed by atoms with van der Waals surface area (Å²) in [5, 5.41) is 11.2. The average Bonchev–Trinajstić information content (AvgIpc) is 2.64. The molecule has 28 heavy (non-hydrogen) atoms. The summed E-state index contributed by atoms with van der Waals surface area (Å²) in [5.41, 5.74) is 4.62. The first-order valence-corrected chi connectivity index (χ1v) is 11.0. The molecule has 150 valence electrons. The number of nitrogens with one attached hydrogen (secondary N) is 2. The Hall–Kier alpha value is -2.09. The smallest absolute Gasteiger partial charge is 0.273 e. The highest BCUT2D eigenvalue weighted by Crippen LogP contribution is 2.61. The molecule has 7 nitrogen and oxygen atoms in total. The number of carbonyl (C=O) groups is 2. The first-order chi connectivity index (χ1) is 13.4. The van der Waals surface area contributed by atoms with Crippen LogP contribution in [0.5, 0.6) is 0 Å². The van der Waals surface area contributed by atoms with Gasteiger partial charge in [0.05, 0.1) is 4.92 Å². The molecule has 0 atom stereocenters. The fraction of sp³-hybridized carbons (Fsp3) is 0.600. The lowest BCUT2D eigenvalue weighted by Gasteiger charge is -2.56. The van der Waals surface area contributed by atoms with Gasteiger partial charge in [-0.2, -0.15) is 0 Å². The molecule has 1 aromatic carbocycles. The number of rotatable bonds is 5. The number of nitrogens with zero attached hydrogens (tertiary/aromatic N) is 1. The molecule has 4 fully saturated rings. The van der Waals surface area contributed by atoms with Gasteiger partial charge < -0.3 is 0 Å². The van der Waals surface area contributed by atoms with Crippen LogP contribution in [-0.2, 0) is 4.79 Å². The summed E-state index contributed by atoms with van der Waals surface area (Å²) < 4.78 is 0. The van der Waals surface area contributed by atoms with Crippen molar-refractivity contribution in [2.45, 2.75) is 49.8 Å². The Morgan fingerprint density at radius 2 is 1.75 bits per heavy atom. The van der Waals surface area contributed by atoms with Crippen LogP contribution in [0, 0.1) is 33.3 Å². The second-order valence-corrected chi connectivity index (χ2v) is 9.62. The van der Waals surface area contributed by atoms with Crippen LogP contribution in [0.25, 0.3) is 0 Å². The van der Waals surface area contributed by atoms with Crippen molar-refractivity contribution in [1.29, 1.82) is 0 Å². The number of hydrogen-bond acceptors (Lipinski definition) is 5. The van der Waals surface area contributed by atoms with Crippen LogP contribution >= 0.6 is 11.8 Å². The highest BCUT2D eigenvalue weighted by molar-refractivity contribution is 7.98. The molecule has 0 unspecified atom stereocenters. The summed E-state index contributed by atoms with van der Waals surface area (Å²) in [5.74, 6) is 1.39. The summed E-state index contributed by atoms with van der Waals surface area (Å²) in [6, 6.07) is 4.40. The standard InChI is InChI=1S/C20H25N3O4S/c1-28-15-2-3-17(23(26)27)16(7-15)19(25)22-21-18(24)11-20-8-12-4-13(9-20)6-14(5-12)10-20/h2-3,7,12-14H,4-6,8-11H2,1H3,(H,21,24)(H,22,25). The van der Waals surface area contributed by atoms with Crippen LogP contribution in [0.2, 0.25) is 0 Å². The third-order valence-corrected chi connectivity index (χ3v) is 7.39. The van der Waals surface area contributed by atoms with Crippen molar-refractivity contribution < 1.29 is 14.5 Å². The second kappa shape index (κ2) is 7.39. The molecule has 2 amide bonds. The van der Waals surface area contributed by atoms with E-state index in [2.05, 4.69) is 10.9 Å².